The van der Waals surface area contributed by atoms with Crippen LogP contribution in [0.4, 0.5) is 0 Å². The van der Waals surface area contributed by atoms with Crippen molar-refractivity contribution >= 4 is 18.3 Å². The van der Waals surface area contributed by atoms with E-state index in [-0.39, 0.29) is 25.4 Å². The fraction of sp³-hybridized carbons (Fsp3) is 0.526. The lowest BCUT2D eigenvalue weighted by atomic mass is 10.1. The van der Waals surface area contributed by atoms with E-state index in [2.05, 4.69) is 35.6 Å². The van der Waals surface area contributed by atoms with E-state index in [1.54, 1.807) is 9.80 Å². The van der Waals surface area contributed by atoms with E-state index in [1.165, 1.54) is 18.4 Å². The number of hydrogen-bond donors (Lipinski definition) is 2. The molecule has 7 heteroatoms. The van der Waals surface area contributed by atoms with Gasteiger partial charge in [-0.1, -0.05) is 30.3 Å². The molecule has 0 aromatic heterocycles. The third-order valence-electron chi connectivity index (χ3n) is 4.46. The summed E-state index contributed by atoms with van der Waals surface area (Å²) in [4.78, 5) is 35.7. The van der Waals surface area contributed by atoms with Crippen molar-refractivity contribution in [2.75, 3.05) is 39.3 Å². The Morgan fingerprint density at radius 2 is 1.77 bits per heavy atom. The van der Waals surface area contributed by atoms with Crippen molar-refractivity contribution in [1.29, 1.82) is 0 Å². The molecule has 2 fully saturated rings. The van der Waals surface area contributed by atoms with E-state index in [0.29, 0.717) is 26.2 Å². The monoisotopic (exact) mass is 361 g/mol. The molecular weight excluding hydrogens is 334 g/mol. The molecule has 1 aromatic rings. The second-order valence-corrected chi connectivity index (χ2v) is 6.53. The van der Waals surface area contributed by atoms with Crippen molar-refractivity contribution in [3.05, 3.63) is 35.9 Å². The Morgan fingerprint density at radius 1 is 1.12 bits per heavy atom. The van der Waals surface area contributed by atoms with Gasteiger partial charge in [-0.3, -0.25) is 14.4 Å². The number of piperazine rings is 1. The maximum absolute atomic E-state index is 11.6. The summed E-state index contributed by atoms with van der Waals surface area (Å²) in [6, 6.07) is 10.8. The number of amides is 2. The van der Waals surface area contributed by atoms with Gasteiger partial charge in [0.2, 0.25) is 12.3 Å². The van der Waals surface area contributed by atoms with Crippen LogP contribution in [0.1, 0.15) is 30.7 Å². The van der Waals surface area contributed by atoms with Crippen LogP contribution in [0.2, 0.25) is 0 Å². The van der Waals surface area contributed by atoms with Gasteiger partial charge in [-0.15, -0.1) is 0 Å². The van der Waals surface area contributed by atoms with Gasteiger partial charge in [-0.2, -0.15) is 0 Å². The highest BCUT2D eigenvalue weighted by molar-refractivity contribution is 5.78. The standard InChI is InChI=1S/C10H17N3O4.C9H10/c14-8-12-3-5-13(6-4-12)9(15)7-11-2-1-10(16)17;1-2-4-8(5-3-1)9-6-7-9/h8,11H,1-7H2,(H,16,17);1-5,9H,6-7H2. The van der Waals surface area contributed by atoms with Gasteiger partial charge in [0.25, 0.3) is 0 Å². The lowest BCUT2D eigenvalue weighted by molar-refractivity contribution is -0.137. The van der Waals surface area contributed by atoms with Crippen LogP contribution in [0.5, 0.6) is 0 Å². The van der Waals surface area contributed by atoms with Gasteiger partial charge in [-0.05, 0) is 24.3 Å². The average Bonchev–Trinajstić information content (AvgIpc) is 3.51. The third kappa shape index (κ3) is 7.23. The number of carboxylic acid groups (broad SMARTS) is 1. The Hall–Kier alpha value is -2.41. The molecule has 2 aliphatic rings. The fourth-order valence-electron chi connectivity index (χ4n) is 2.72. The van der Waals surface area contributed by atoms with Gasteiger partial charge in [0.05, 0.1) is 13.0 Å². The molecule has 1 aliphatic heterocycles. The summed E-state index contributed by atoms with van der Waals surface area (Å²) >= 11 is 0. The normalized spacial score (nSPS) is 16.5. The smallest absolute Gasteiger partial charge is 0.304 e. The zero-order valence-corrected chi connectivity index (χ0v) is 15.0. The van der Waals surface area contributed by atoms with Crippen molar-refractivity contribution in [2.24, 2.45) is 0 Å². The van der Waals surface area contributed by atoms with E-state index in [0.717, 1.165) is 12.3 Å². The lowest BCUT2D eigenvalue weighted by Crippen LogP contribution is -2.50. The summed E-state index contributed by atoms with van der Waals surface area (Å²) in [7, 11) is 0. The molecule has 2 amide bonds. The Kier molecular flexibility index (Phi) is 8.08. The topological polar surface area (TPSA) is 90.0 Å². The van der Waals surface area contributed by atoms with Crippen LogP contribution in [0.25, 0.3) is 0 Å². The summed E-state index contributed by atoms with van der Waals surface area (Å²) in [5.41, 5.74) is 1.53. The van der Waals surface area contributed by atoms with E-state index in [9.17, 15) is 14.4 Å². The molecule has 1 aromatic carbocycles. The van der Waals surface area contributed by atoms with E-state index in [4.69, 9.17) is 5.11 Å². The molecule has 3 rings (SSSR count). The van der Waals surface area contributed by atoms with Gasteiger partial charge >= 0.3 is 5.97 Å². The maximum Gasteiger partial charge on any atom is 0.304 e. The second kappa shape index (κ2) is 10.6. The molecule has 0 bridgehead atoms. The number of rotatable bonds is 7. The highest BCUT2D eigenvalue weighted by Gasteiger charge is 2.22. The fourth-order valence-corrected chi connectivity index (χ4v) is 2.72. The number of nitrogens with zero attached hydrogens (tertiary/aromatic N) is 2. The van der Waals surface area contributed by atoms with Crippen LogP contribution in [-0.4, -0.2) is 72.5 Å². The average molecular weight is 361 g/mol. The molecule has 142 valence electrons. The van der Waals surface area contributed by atoms with Crippen molar-refractivity contribution in [3.63, 3.8) is 0 Å². The zero-order chi connectivity index (χ0) is 18.8. The minimum atomic E-state index is -0.885. The van der Waals surface area contributed by atoms with E-state index >= 15 is 0 Å². The molecule has 2 N–H and O–H groups in total. The van der Waals surface area contributed by atoms with Crippen LogP contribution in [0.3, 0.4) is 0 Å². The van der Waals surface area contributed by atoms with Crippen LogP contribution in [0, 0.1) is 0 Å². The van der Waals surface area contributed by atoms with Gasteiger partial charge in [0.15, 0.2) is 0 Å². The molecule has 0 radical (unpaired) electrons. The summed E-state index contributed by atoms with van der Waals surface area (Å²) in [6.07, 6.45) is 3.60. The van der Waals surface area contributed by atoms with E-state index < -0.39 is 5.97 Å². The maximum atomic E-state index is 11.6. The summed E-state index contributed by atoms with van der Waals surface area (Å²) in [5.74, 6) is -0.0308. The molecule has 0 unspecified atom stereocenters. The van der Waals surface area contributed by atoms with Gasteiger partial charge in [0.1, 0.15) is 0 Å². The molecule has 1 saturated carbocycles. The largest absolute Gasteiger partial charge is 0.481 e. The van der Waals surface area contributed by atoms with Crippen molar-refractivity contribution < 1.29 is 19.5 Å². The minimum absolute atomic E-state index is 0.00615. The van der Waals surface area contributed by atoms with Crippen LogP contribution >= 0.6 is 0 Å². The first-order chi connectivity index (χ1) is 12.6. The molecule has 1 saturated heterocycles. The van der Waals surface area contributed by atoms with Crippen molar-refractivity contribution in [1.82, 2.24) is 15.1 Å². The first kappa shape index (κ1) is 19.9. The van der Waals surface area contributed by atoms with Crippen LogP contribution in [-0.2, 0) is 14.4 Å². The zero-order valence-electron chi connectivity index (χ0n) is 15.0. The van der Waals surface area contributed by atoms with Gasteiger partial charge in [0, 0.05) is 32.7 Å². The molecular formula is C19H27N3O4. The van der Waals surface area contributed by atoms with Gasteiger partial charge < -0.3 is 20.2 Å². The summed E-state index contributed by atoms with van der Waals surface area (Å²) in [5, 5.41) is 11.2. The number of hydrogen-bond acceptors (Lipinski definition) is 4. The molecule has 1 aliphatic carbocycles. The van der Waals surface area contributed by atoms with E-state index in [1.807, 2.05) is 0 Å². The molecule has 0 atom stereocenters. The van der Waals surface area contributed by atoms with Gasteiger partial charge in [-0.25, -0.2) is 0 Å². The Bertz CT molecular complexity index is 582. The highest BCUT2D eigenvalue weighted by atomic mass is 16.4. The molecule has 1 heterocycles. The predicted molar refractivity (Wildman–Crippen MR) is 97.8 cm³/mol. The van der Waals surface area contributed by atoms with Crippen molar-refractivity contribution in [3.8, 4) is 0 Å². The number of carbonyl (C=O) groups excluding carboxylic acids is 2. The lowest BCUT2D eigenvalue weighted by Gasteiger charge is -2.32. The molecule has 7 nitrogen and oxygen atoms in total. The Labute approximate surface area is 154 Å². The quantitative estimate of drug-likeness (QED) is 0.557. The van der Waals surface area contributed by atoms with Crippen LogP contribution < -0.4 is 5.32 Å². The first-order valence-corrected chi connectivity index (χ1v) is 9.04. The first-order valence-electron chi connectivity index (χ1n) is 9.04. The second-order valence-electron chi connectivity index (χ2n) is 6.53. The Balaban J connectivity index is 0.000000223. The number of carboxylic acids is 1. The molecule has 26 heavy (non-hydrogen) atoms. The highest BCUT2D eigenvalue weighted by Crippen LogP contribution is 2.39. The minimum Gasteiger partial charge on any atom is -0.481 e. The number of benzene rings is 1. The third-order valence-corrected chi connectivity index (χ3v) is 4.46. The number of nitrogens with one attached hydrogen (secondary N) is 1. The summed E-state index contributed by atoms with van der Waals surface area (Å²) < 4.78 is 0. The molecule has 0 spiro atoms. The number of aliphatic carboxylic acids is 1. The Morgan fingerprint density at radius 3 is 2.31 bits per heavy atom. The van der Waals surface area contributed by atoms with Crippen molar-refractivity contribution in [2.45, 2.75) is 25.2 Å². The number of carbonyl (C=O) groups is 3. The summed E-state index contributed by atoms with van der Waals surface area (Å²) in [6.45, 7) is 2.63. The SMILES string of the molecule is O=CN1CCN(C(=O)CNCCC(=O)O)CC1.c1ccc(C2CC2)cc1. The predicted octanol–water partition coefficient (Wildman–Crippen LogP) is 0.915. The van der Waals surface area contributed by atoms with Crippen LogP contribution in [0.15, 0.2) is 30.3 Å².